The monoisotopic (exact) mass is 467 g/mol. The Kier molecular flexibility index (Phi) is 7.20. The molecule has 29 heavy (non-hydrogen) atoms. The van der Waals surface area contributed by atoms with Gasteiger partial charge in [0.2, 0.25) is 0 Å². The molecule has 0 saturated heterocycles. The molecule has 6 nitrogen and oxygen atoms in total. The predicted molar refractivity (Wildman–Crippen MR) is 103 cm³/mol. The van der Waals surface area contributed by atoms with Gasteiger partial charge in [-0.25, -0.2) is 8.42 Å². The van der Waals surface area contributed by atoms with Gasteiger partial charge in [0.15, 0.2) is 10.9 Å². The van der Waals surface area contributed by atoms with Gasteiger partial charge in [-0.2, -0.15) is 0 Å². The minimum absolute atomic E-state index is 0.0201. The molecule has 0 aromatic heterocycles. The average Bonchev–Trinajstić information content (AvgIpc) is 2.58. The number of Topliss-reactive ketones (excluding diaryl/α,β-unsaturated/α-hetero) is 1. The summed E-state index contributed by atoms with van der Waals surface area (Å²) >= 11 is 6.84. The van der Waals surface area contributed by atoms with E-state index in [0.29, 0.717) is 0 Å². The fourth-order valence-electron chi connectivity index (χ4n) is 2.08. The molecule has 2 rings (SSSR count). The van der Waals surface area contributed by atoms with Crippen LogP contribution < -0.4 is 9.46 Å². The standard InChI is InChI=1S/C17H13ClF3NO5S2/c1-10(23)28-9-16(24)14-7-2-11(8-15(14)18)22-29(25,26)13-5-3-12(4-6-13)27-17(19,20)21/h2-8,22H,9H2,1H3. The Morgan fingerprint density at radius 1 is 1.14 bits per heavy atom. The number of rotatable bonds is 7. The van der Waals surface area contributed by atoms with E-state index in [0.717, 1.165) is 36.0 Å². The van der Waals surface area contributed by atoms with Gasteiger partial charge in [-0.05, 0) is 42.5 Å². The van der Waals surface area contributed by atoms with E-state index in [-0.39, 0.29) is 32.0 Å². The molecule has 0 aliphatic rings. The Balaban J connectivity index is 2.15. The minimum atomic E-state index is -4.89. The quantitative estimate of drug-likeness (QED) is 0.603. The van der Waals surface area contributed by atoms with Crippen molar-refractivity contribution in [2.45, 2.75) is 18.2 Å². The number of hydrogen-bond donors (Lipinski definition) is 1. The molecule has 0 aliphatic carbocycles. The first-order valence-corrected chi connectivity index (χ1v) is 10.6. The number of ketones is 1. The molecule has 0 atom stereocenters. The summed E-state index contributed by atoms with van der Waals surface area (Å²) in [6.45, 7) is 1.32. The first-order chi connectivity index (χ1) is 13.4. The molecule has 12 heteroatoms. The van der Waals surface area contributed by atoms with Gasteiger partial charge in [0.25, 0.3) is 10.0 Å². The lowest BCUT2D eigenvalue weighted by Gasteiger charge is -2.11. The number of carbonyl (C=O) groups is 2. The summed E-state index contributed by atoms with van der Waals surface area (Å²) in [5, 5.41) is -0.251. The van der Waals surface area contributed by atoms with Crippen molar-refractivity contribution in [1.29, 1.82) is 0 Å². The fourth-order valence-corrected chi connectivity index (χ4v) is 3.91. The van der Waals surface area contributed by atoms with Crippen LogP contribution in [-0.2, 0) is 14.8 Å². The van der Waals surface area contributed by atoms with Crippen LogP contribution in [0.5, 0.6) is 5.75 Å². The van der Waals surface area contributed by atoms with Crippen LogP contribution in [0.3, 0.4) is 0 Å². The molecule has 0 unspecified atom stereocenters. The van der Waals surface area contributed by atoms with Crippen molar-refractivity contribution >= 4 is 50.0 Å². The number of sulfonamides is 1. The number of anilines is 1. The fraction of sp³-hybridized carbons (Fsp3) is 0.176. The Labute approximate surface area is 173 Å². The van der Waals surface area contributed by atoms with Gasteiger partial charge < -0.3 is 4.74 Å². The molecule has 2 aromatic carbocycles. The number of alkyl halides is 3. The molecule has 0 saturated carbocycles. The number of thioether (sulfide) groups is 1. The summed E-state index contributed by atoms with van der Waals surface area (Å²) in [6.07, 6.45) is -4.89. The van der Waals surface area contributed by atoms with Gasteiger partial charge in [0.05, 0.1) is 21.4 Å². The maximum absolute atomic E-state index is 12.4. The zero-order valence-electron chi connectivity index (χ0n) is 14.6. The van der Waals surface area contributed by atoms with E-state index < -0.39 is 27.9 Å². The molecular weight excluding hydrogens is 455 g/mol. The lowest BCUT2D eigenvalue weighted by molar-refractivity contribution is -0.274. The first-order valence-electron chi connectivity index (χ1n) is 7.72. The van der Waals surface area contributed by atoms with E-state index in [9.17, 15) is 31.2 Å². The number of nitrogens with one attached hydrogen (secondary N) is 1. The molecule has 0 heterocycles. The lowest BCUT2D eigenvalue weighted by atomic mass is 10.1. The molecule has 0 spiro atoms. The smallest absolute Gasteiger partial charge is 0.406 e. The van der Waals surface area contributed by atoms with E-state index in [2.05, 4.69) is 9.46 Å². The third-order valence-corrected chi connectivity index (χ3v) is 5.82. The van der Waals surface area contributed by atoms with Crippen LogP contribution in [0.4, 0.5) is 18.9 Å². The highest BCUT2D eigenvalue weighted by atomic mass is 35.5. The SMILES string of the molecule is CC(=O)SCC(=O)c1ccc(NS(=O)(=O)c2ccc(OC(F)(F)F)cc2)cc1Cl. The van der Waals surface area contributed by atoms with Crippen LogP contribution in [0.15, 0.2) is 47.4 Å². The largest absolute Gasteiger partial charge is 0.573 e. The molecule has 2 aromatic rings. The Morgan fingerprint density at radius 2 is 1.76 bits per heavy atom. The van der Waals surface area contributed by atoms with Gasteiger partial charge in [-0.15, -0.1) is 13.2 Å². The molecule has 0 radical (unpaired) electrons. The van der Waals surface area contributed by atoms with E-state index in [1.807, 2.05) is 0 Å². The number of halogens is 4. The van der Waals surface area contributed by atoms with Crippen LogP contribution in [-0.4, -0.2) is 31.4 Å². The Hall–Kier alpha value is -2.24. The Bertz CT molecular complexity index is 1020. The maximum Gasteiger partial charge on any atom is 0.573 e. The van der Waals surface area contributed by atoms with Gasteiger partial charge in [0, 0.05) is 12.5 Å². The topological polar surface area (TPSA) is 89.5 Å². The molecule has 0 fully saturated rings. The summed E-state index contributed by atoms with van der Waals surface area (Å²) in [5.41, 5.74) is 0.165. The third-order valence-electron chi connectivity index (χ3n) is 3.30. The van der Waals surface area contributed by atoms with Crippen molar-refractivity contribution in [3.05, 3.63) is 53.1 Å². The molecule has 1 N–H and O–H groups in total. The van der Waals surface area contributed by atoms with Crippen LogP contribution >= 0.6 is 23.4 Å². The highest BCUT2D eigenvalue weighted by Gasteiger charge is 2.31. The molecular formula is C17H13ClF3NO5S2. The number of benzene rings is 2. The molecule has 156 valence electrons. The second-order valence-electron chi connectivity index (χ2n) is 5.52. The van der Waals surface area contributed by atoms with Gasteiger partial charge in [0.1, 0.15) is 5.75 Å². The van der Waals surface area contributed by atoms with Crippen LogP contribution in [0.25, 0.3) is 0 Å². The van der Waals surface area contributed by atoms with Crippen LogP contribution in [0.1, 0.15) is 17.3 Å². The zero-order valence-corrected chi connectivity index (χ0v) is 17.0. The van der Waals surface area contributed by atoms with Crippen molar-refractivity contribution in [3.63, 3.8) is 0 Å². The van der Waals surface area contributed by atoms with Crippen LogP contribution in [0, 0.1) is 0 Å². The van der Waals surface area contributed by atoms with Crippen molar-refractivity contribution in [1.82, 2.24) is 0 Å². The van der Waals surface area contributed by atoms with Crippen LogP contribution in [0.2, 0.25) is 5.02 Å². The summed E-state index contributed by atoms with van der Waals surface area (Å²) < 4.78 is 67.2. The predicted octanol–water partition coefficient (Wildman–Crippen LogP) is 4.50. The van der Waals surface area contributed by atoms with Gasteiger partial charge >= 0.3 is 6.36 Å². The number of hydrogen-bond acceptors (Lipinski definition) is 6. The second kappa shape index (κ2) is 9.06. The third kappa shape index (κ3) is 6.94. The van der Waals surface area contributed by atoms with Crippen molar-refractivity contribution in [3.8, 4) is 5.75 Å². The van der Waals surface area contributed by atoms with E-state index in [1.54, 1.807) is 0 Å². The van der Waals surface area contributed by atoms with Crippen molar-refractivity contribution in [2.75, 3.05) is 10.5 Å². The molecule has 0 amide bonds. The summed E-state index contributed by atoms with van der Waals surface area (Å²) in [7, 11) is -4.12. The zero-order chi connectivity index (χ0) is 21.8. The van der Waals surface area contributed by atoms with E-state index in [1.165, 1.54) is 25.1 Å². The van der Waals surface area contributed by atoms with Gasteiger partial charge in [-0.3, -0.25) is 14.3 Å². The summed E-state index contributed by atoms with van der Waals surface area (Å²) in [4.78, 5) is 22.7. The van der Waals surface area contributed by atoms with E-state index >= 15 is 0 Å². The number of ether oxygens (including phenoxy) is 1. The first kappa shape index (κ1) is 23.0. The summed E-state index contributed by atoms with van der Waals surface area (Å²) in [5.74, 6) is -1.07. The summed E-state index contributed by atoms with van der Waals surface area (Å²) in [6, 6.07) is 7.45. The average molecular weight is 468 g/mol. The molecule has 0 bridgehead atoms. The highest BCUT2D eigenvalue weighted by Crippen LogP contribution is 2.27. The highest BCUT2D eigenvalue weighted by molar-refractivity contribution is 8.14. The normalized spacial score (nSPS) is 11.8. The lowest BCUT2D eigenvalue weighted by Crippen LogP contribution is -2.17. The van der Waals surface area contributed by atoms with Crippen molar-refractivity contribution < 1.29 is 35.9 Å². The van der Waals surface area contributed by atoms with Gasteiger partial charge in [-0.1, -0.05) is 23.4 Å². The Morgan fingerprint density at radius 3 is 2.28 bits per heavy atom. The second-order valence-corrected chi connectivity index (χ2v) is 8.76. The minimum Gasteiger partial charge on any atom is -0.406 e. The molecule has 0 aliphatic heterocycles. The maximum atomic E-state index is 12.4. The van der Waals surface area contributed by atoms with E-state index in [4.69, 9.17) is 11.6 Å². The number of carbonyl (C=O) groups excluding carboxylic acids is 2. The van der Waals surface area contributed by atoms with Crippen molar-refractivity contribution in [2.24, 2.45) is 0 Å².